The topological polar surface area (TPSA) is 93.5 Å². The second kappa shape index (κ2) is 7.19. The van der Waals surface area contributed by atoms with Crippen molar-refractivity contribution in [2.24, 2.45) is 0 Å². The molecule has 0 bridgehead atoms. The van der Waals surface area contributed by atoms with Crippen LogP contribution in [-0.4, -0.2) is 32.9 Å². The van der Waals surface area contributed by atoms with Crippen molar-refractivity contribution in [3.8, 4) is 5.75 Å². The van der Waals surface area contributed by atoms with Crippen LogP contribution in [-0.2, 0) is 10.3 Å². The molecule has 138 valence electrons. The van der Waals surface area contributed by atoms with Gasteiger partial charge < -0.3 is 15.2 Å². The number of aromatic nitrogens is 2. The van der Waals surface area contributed by atoms with Crippen LogP contribution in [0, 0.1) is 0 Å². The Morgan fingerprint density at radius 2 is 2.04 bits per heavy atom. The Morgan fingerprint density at radius 1 is 1.31 bits per heavy atom. The molecule has 1 aliphatic carbocycles. The fraction of sp³-hybridized carbons (Fsp3) is 0.421. The van der Waals surface area contributed by atoms with Gasteiger partial charge in [0.25, 0.3) is 5.91 Å². The molecule has 2 aromatic rings. The van der Waals surface area contributed by atoms with Crippen LogP contribution in [0.2, 0.25) is 0 Å². The van der Waals surface area contributed by atoms with Gasteiger partial charge in [0.1, 0.15) is 5.75 Å². The number of hydrogen-bond donors (Lipinski definition) is 2. The lowest BCUT2D eigenvalue weighted by Gasteiger charge is -2.19. The van der Waals surface area contributed by atoms with E-state index in [0.717, 1.165) is 12.8 Å². The van der Waals surface area contributed by atoms with Gasteiger partial charge in [0.05, 0.1) is 18.0 Å². The van der Waals surface area contributed by atoms with Gasteiger partial charge in [-0.1, -0.05) is 6.07 Å². The SMILES string of the molecule is CC(C)(C(=O)O)n1cc(NC(=O)c2cccc(OC3CCCC3)c2)cn1. The molecule has 7 heteroatoms. The molecule has 2 N–H and O–H groups in total. The largest absolute Gasteiger partial charge is 0.490 e. The van der Waals surface area contributed by atoms with E-state index in [1.807, 2.05) is 6.07 Å². The van der Waals surface area contributed by atoms with Gasteiger partial charge in [0, 0.05) is 11.8 Å². The van der Waals surface area contributed by atoms with Crippen LogP contribution in [0.5, 0.6) is 5.75 Å². The highest BCUT2D eigenvalue weighted by Gasteiger charge is 2.30. The highest BCUT2D eigenvalue weighted by molar-refractivity contribution is 6.04. The molecule has 0 saturated heterocycles. The van der Waals surface area contributed by atoms with Crippen molar-refractivity contribution in [2.45, 2.75) is 51.2 Å². The number of aliphatic carboxylic acids is 1. The maximum absolute atomic E-state index is 12.5. The van der Waals surface area contributed by atoms with Gasteiger partial charge in [0.2, 0.25) is 0 Å². The summed E-state index contributed by atoms with van der Waals surface area (Å²) in [5, 5.41) is 16.0. The molecule has 0 atom stereocenters. The first-order valence-corrected chi connectivity index (χ1v) is 8.73. The summed E-state index contributed by atoms with van der Waals surface area (Å²) in [6, 6.07) is 7.07. The maximum atomic E-state index is 12.5. The molecule has 7 nitrogen and oxygen atoms in total. The van der Waals surface area contributed by atoms with Crippen LogP contribution in [0.25, 0.3) is 0 Å². The first-order chi connectivity index (χ1) is 12.4. The summed E-state index contributed by atoms with van der Waals surface area (Å²) in [5.74, 6) is -0.614. The Hall–Kier alpha value is -2.83. The Balaban J connectivity index is 1.68. The number of benzene rings is 1. The van der Waals surface area contributed by atoms with Crippen molar-refractivity contribution < 1.29 is 19.4 Å². The third-order valence-corrected chi connectivity index (χ3v) is 4.64. The van der Waals surface area contributed by atoms with E-state index in [-0.39, 0.29) is 12.0 Å². The molecular formula is C19H23N3O4. The van der Waals surface area contributed by atoms with Gasteiger partial charge in [-0.3, -0.25) is 9.48 Å². The number of carboxylic acid groups (broad SMARTS) is 1. The molecule has 1 saturated carbocycles. The zero-order valence-electron chi connectivity index (χ0n) is 14.9. The normalized spacial score (nSPS) is 15.0. The number of rotatable bonds is 6. The van der Waals surface area contributed by atoms with Gasteiger partial charge in [-0.15, -0.1) is 0 Å². The third kappa shape index (κ3) is 3.87. The van der Waals surface area contributed by atoms with Crippen LogP contribution in [0.4, 0.5) is 5.69 Å². The van der Waals surface area contributed by atoms with Crippen LogP contribution >= 0.6 is 0 Å². The van der Waals surface area contributed by atoms with Crippen molar-refractivity contribution in [1.29, 1.82) is 0 Å². The number of amides is 1. The van der Waals surface area contributed by atoms with Crippen LogP contribution in [0.1, 0.15) is 49.9 Å². The number of nitrogens with one attached hydrogen (secondary N) is 1. The smallest absolute Gasteiger partial charge is 0.331 e. The van der Waals surface area contributed by atoms with Crippen LogP contribution in [0.3, 0.4) is 0 Å². The van der Waals surface area contributed by atoms with E-state index in [1.165, 1.54) is 43.8 Å². The number of anilines is 1. The molecule has 1 aromatic heterocycles. The number of nitrogens with zero attached hydrogens (tertiary/aromatic N) is 2. The lowest BCUT2D eigenvalue weighted by atomic mass is 10.1. The average Bonchev–Trinajstić information content (AvgIpc) is 3.27. The summed E-state index contributed by atoms with van der Waals surface area (Å²) in [4.78, 5) is 23.8. The van der Waals surface area contributed by atoms with Crippen LogP contribution < -0.4 is 10.1 Å². The fourth-order valence-corrected chi connectivity index (χ4v) is 2.90. The Bertz CT molecular complexity index is 807. The molecule has 1 amide bonds. The average molecular weight is 357 g/mol. The number of carbonyl (C=O) groups is 2. The van der Waals surface area contributed by atoms with Gasteiger partial charge in [-0.25, -0.2) is 4.79 Å². The summed E-state index contributed by atoms with van der Waals surface area (Å²) >= 11 is 0. The fourth-order valence-electron chi connectivity index (χ4n) is 2.90. The number of carboxylic acids is 1. The second-order valence-corrected chi connectivity index (χ2v) is 7.04. The zero-order valence-corrected chi connectivity index (χ0v) is 14.9. The van der Waals surface area contributed by atoms with Gasteiger partial charge >= 0.3 is 5.97 Å². The number of carbonyl (C=O) groups excluding carboxylic acids is 1. The molecule has 0 spiro atoms. The van der Waals surface area contributed by atoms with Crippen molar-refractivity contribution >= 4 is 17.6 Å². The molecule has 1 aromatic carbocycles. The number of ether oxygens (including phenoxy) is 1. The van der Waals surface area contributed by atoms with Crippen molar-refractivity contribution in [3.63, 3.8) is 0 Å². The monoisotopic (exact) mass is 357 g/mol. The molecule has 1 aliphatic rings. The summed E-state index contributed by atoms with van der Waals surface area (Å²) in [6.07, 6.45) is 7.63. The van der Waals surface area contributed by atoms with E-state index in [1.54, 1.807) is 18.2 Å². The van der Waals surface area contributed by atoms with E-state index in [2.05, 4.69) is 10.4 Å². The van der Waals surface area contributed by atoms with E-state index in [4.69, 9.17) is 4.74 Å². The first-order valence-electron chi connectivity index (χ1n) is 8.73. The first kappa shape index (κ1) is 18.0. The Kier molecular flexibility index (Phi) is 4.97. The highest BCUT2D eigenvalue weighted by Crippen LogP contribution is 2.25. The summed E-state index contributed by atoms with van der Waals surface area (Å²) in [5.41, 5.74) is -0.282. The summed E-state index contributed by atoms with van der Waals surface area (Å²) < 4.78 is 7.24. The minimum atomic E-state index is -1.20. The molecule has 26 heavy (non-hydrogen) atoms. The van der Waals surface area contributed by atoms with Gasteiger partial charge in [0.15, 0.2) is 5.54 Å². The van der Waals surface area contributed by atoms with E-state index < -0.39 is 11.5 Å². The molecule has 0 radical (unpaired) electrons. The van der Waals surface area contributed by atoms with E-state index in [9.17, 15) is 14.7 Å². The lowest BCUT2D eigenvalue weighted by Crippen LogP contribution is -2.35. The lowest BCUT2D eigenvalue weighted by molar-refractivity contribution is -0.146. The summed E-state index contributed by atoms with van der Waals surface area (Å²) in [7, 11) is 0. The Morgan fingerprint density at radius 3 is 2.73 bits per heavy atom. The minimum Gasteiger partial charge on any atom is -0.490 e. The van der Waals surface area contributed by atoms with E-state index in [0.29, 0.717) is 17.0 Å². The molecular weight excluding hydrogens is 334 g/mol. The second-order valence-electron chi connectivity index (χ2n) is 7.04. The highest BCUT2D eigenvalue weighted by atomic mass is 16.5. The predicted molar refractivity (Wildman–Crippen MR) is 96.5 cm³/mol. The van der Waals surface area contributed by atoms with E-state index >= 15 is 0 Å². The van der Waals surface area contributed by atoms with Crippen LogP contribution in [0.15, 0.2) is 36.7 Å². The molecule has 0 aliphatic heterocycles. The van der Waals surface area contributed by atoms with Crippen molar-refractivity contribution in [2.75, 3.05) is 5.32 Å². The minimum absolute atomic E-state index is 0.227. The number of hydrogen-bond acceptors (Lipinski definition) is 4. The zero-order chi connectivity index (χ0) is 18.7. The summed E-state index contributed by atoms with van der Waals surface area (Å²) in [6.45, 7) is 3.08. The van der Waals surface area contributed by atoms with Gasteiger partial charge in [-0.05, 0) is 57.7 Å². The predicted octanol–water partition coefficient (Wildman–Crippen LogP) is 3.28. The quantitative estimate of drug-likeness (QED) is 0.827. The molecule has 3 rings (SSSR count). The van der Waals surface area contributed by atoms with Crippen molar-refractivity contribution in [3.05, 3.63) is 42.2 Å². The molecule has 0 unspecified atom stereocenters. The molecule has 1 heterocycles. The van der Waals surface area contributed by atoms with Crippen molar-refractivity contribution in [1.82, 2.24) is 9.78 Å². The van der Waals surface area contributed by atoms with Gasteiger partial charge in [-0.2, -0.15) is 5.10 Å². The third-order valence-electron chi connectivity index (χ3n) is 4.64. The maximum Gasteiger partial charge on any atom is 0.331 e. The Labute approximate surface area is 152 Å². The standard InChI is InChI=1S/C19H23N3O4/c1-19(2,18(24)25)22-12-14(11-20-22)21-17(23)13-6-5-9-16(10-13)26-15-7-3-4-8-15/h5-6,9-12,15H,3-4,7-8H2,1-2H3,(H,21,23)(H,24,25). The molecule has 1 fully saturated rings.